The molecule has 10 nitrogen and oxygen atoms in total. The number of hydrogen-bond donors (Lipinski definition) is 3. The van der Waals surface area contributed by atoms with E-state index in [4.69, 9.17) is 9.47 Å². The molecular weight excluding hydrogens is 634 g/mol. The minimum absolute atomic E-state index is 0.0785. The van der Waals surface area contributed by atoms with Gasteiger partial charge in [-0.25, -0.2) is 9.59 Å². The van der Waals surface area contributed by atoms with Crippen LogP contribution >= 0.6 is 0 Å². The van der Waals surface area contributed by atoms with Gasteiger partial charge in [0.05, 0.1) is 18.6 Å². The summed E-state index contributed by atoms with van der Waals surface area (Å²) in [7, 11) is 0. The van der Waals surface area contributed by atoms with Gasteiger partial charge in [0, 0.05) is 25.4 Å². The summed E-state index contributed by atoms with van der Waals surface area (Å²) in [5, 5.41) is 15.0. The number of ether oxygens (including phenoxy) is 2. The molecule has 3 N–H and O–H groups in total. The topological polar surface area (TPSA) is 134 Å². The largest absolute Gasteiger partial charge is 0.462 e. The van der Waals surface area contributed by atoms with E-state index in [2.05, 4.69) is 35.9 Å². The van der Waals surface area contributed by atoms with Gasteiger partial charge in [-0.05, 0) is 54.0 Å². The first kappa shape index (κ1) is 37.6. The molecule has 0 fully saturated rings. The molecule has 3 aromatic carbocycles. The molecule has 3 atom stereocenters. The van der Waals surface area contributed by atoms with Crippen LogP contribution in [0.4, 0.5) is 4.79 Å². The van der Waals surface area contributed by atoms with Gasteiger partial charge in [0.1, 0.15) is 19.3 Å². The van der Waals surface area contributed by atoms with Crippen LogP contribution in [0.2, 0.25) is 0 Å². The third-order valence-electron chi connectivity index (χ3n) is 8.63. The third-order valence-corrected chi connectivity index (χ3v) is 8.63. The lowest BCUT2D eigenvalue weighted by Crippen LogP contribution is -2.45. The van der Waals surface area contributed by atoms with Gasteiger partial charge in [-0.3, -0.25) is 9.59 Å². The highest BCUT2D eigenvalue weighted by atomic mass is 16.6. The molecule has 0 bridgehead atoms. The van der Waals surface area contributed by atoms with Gasteiger partial charge in [-0.2, -0.15) is 0 Å². The monoisotopic (exact) mass is 681 g/mol. The Morgan fingerprint density at radius 2 is 1.52 bits per heavy atom. The molecule has 50 heavy (non-hydrogen) atoms. The second-order valence-electron chi connectivity index (χ2n) is 12.4. The third kappa shape index (κ3) is 10.4. The molecule has 0 heterocycles. The number of amides is 3. The number of allylic oxidation sites excluding steroid dienone is 2. The van der Waals surface area contributed by atoms with E-state index in [0.29, 0.717) is 13.0 Å². The quantitative estimate of drug-likeness (QED) is 0.112. The van der Waals surface area contributed by atoms with Gasteiger partial charge in [0.15, 0.2) is 0 Å². The molecule has 3 amide bonds. The minimum atomic E-state index is -0.986. The van der Waals surface area contributed by atoms with Gasteiger partial charge in [-0.15, -0.1) is 13.2 Å². The normalized spacial score (nSPS) is 13.5. The molecule has 0 saturated carbocycles. The minimum Gasteiger partial charge on any atom is -0.462 e. The number of nitrogens with zero attached hydrogens (tertiary/aromatic N) is 1. The first-order valence-electron chi connectivity index (χ1n) is 17.0. The van der Waals surface area contributed by atoms with Crippen molar-refractivity contribution in [2.75, 3.05) is 26.4 Å². The molecule has 1 aliphatic rings. The zero-order valence-electron chi connectivity index (χ0n) is 28.6. The predicted molar refractivity (Wildman–Crippen MR) is 192 cm³/mol. The van der Waals surface area contributed by atoms with Crippen molar-refractivity contribution in [2.45, 2.75) is 57.2 Å². The highest BCUT2D eigenvalue weighted by Gasteiger charge is 2.30. The predicted octanol–water partition coefficient (Wildman–Crippen LogP) is 5.51. The van der Waals surface area contributed by atoms with Crippen molar-refractivity contribution < 1.29 is 33.8 Å². The second kappa shape index (κ2) is 19.1. The molecule has 0 aliphatic heterocycles. The van der Waals surface area contributed by atoms with Crippen LogP contribution in [0.3, 0.4) is 0 Å². The molecule has 0 unspecified atom stereocenters. The van der Waals surface area contributed by atoms with Crippen molar-refractivity contribution >= 4 is 23.9 Å². The molecule has 4 rings (SSSR count). The number of nitrogens with one attached hydrogen (secondary N) is 2. The molecule has 0 aromatic heterocycles. The highest BCUT2D eigenvalue weighted by Crippen LogP contribution is 2.44. The summed E-state index contributed by atoms with van der Waals surface area (Å²) in [6.45, 7) is 9.33. The van der Waals surface area contributed by atoms with Crippen LogP contribution in [0.5, 0.6) is 0 Å². The maximum atomic E-state index is 13.2. The number of benzene rings is 3. The first-order valence-corrected chi connectivity index (χ1v) is 17.0. The van der Waals surface area contributed by atoms with Crippen molar-refractivity contribution in [3.05, 3.63) is 121 Å². The second-order valence-corrected chi connectivity index (χ2v) is 12.4. The molecule has 264 valence electrons. The van der Waals surface area contributed by atoms with E-state index in [0.717, 1.165) is 27.8 Å². The average molecular weight is 682 g/mol. The number of hydrogen-bond acceptors (Lipinski definition) is 7. The number of alkyl carbamates (subject to hydrolysis) is 1. The number of carbonyl (C=O) groups excluding carboxylic acids is 4. The Morgan fingerprint density at radius 3 is 2.14 bits per heavy atom. The van der Waals surface area contributed by atoms with Crippen LogP contribution in [0.15, 0.2) is 104 Å². The van der Waals surface area contributed by atoms with E-state index < -0.39 is 30.1 Å². The highest BCUT2D eigenvalue weighted by molar-refractivity contribution is 5.86. The van der Waals surface area contributed by atoms with Crippen LogP contribution in [0, 0.1) is 5.92 Å². The molecule has 1 aliphatic carbocycles. The van der Waals surface area contributed by atoms with Gasteiger partial charge in [0.25, 0.3) is 0 Å². The van der Waals surface area contributed by atoms with Crippen molar-refractivity contribution in [2.24, 2.45) is 5.92 Å². The van der Waals surface area contributed by atoms with E-state index in [-0.39, 0.29) is 63.4 Å². The number of rotatable bonds is 19. The van der Waals surface area contributed by atoms with E-state index >= 15 is 0 Å². The lowest BCUT2D eigenvalue weighted by atomic mass is 9.98. The van der Waals surface area contributed by atoms with Gasteiger partial charge in [-0.1, -0.05) is 91.0 Å². The van der Waals surface area contributed by atoms with Crippen LogP contribution < -0.4 is 10.6 Å². The van der Waals surface area contributed by atoms with E-state index in [1.54, 1.807) is 19.1 Å². The summed E-state index contributed by atoms with van der Waals surface area (Å²) in [6, 6.07) is 23.9. The summed E-state index contributed by atoms with van der Waals surface area (Å²) in [4.78, 5) is 54.0. The summed E-state index contributed by atoms with van der Waals surface area (Å²) >= 11 is 0. The fourth-order valence-corrected chi connectivity index (χ4v) is 6.07. The summed E-state index contributed by atoms with van der Waals surface area (Å²) in [5.41, 5.74) is 5.29. The Hall–Kier alpha value is -5.22. The molecule has 0 spiro atoms. The van der Waals surface area contributed by atoms with Crippen molar-refractivity contribution in [3.63, 3.8) is 0 Å². The number of fused-ring (bicyclic) bond motifs is 3. The summed E-state index contributed by atoms with van der Waals surface area (Å²) < 4.78 is 11.1. The maximum Gasteiger partial charge on any atom is 0.407 e. The van der Waals surface area contributed by atoms with Crippen LogP contribution in [-0.4, -0.2) is 72.3 Å². The van der Waals surface area contributed by atoms with Crippen molar-refractivity contribution in [1.29, 1.82) is 0 Å². The van der Waals surface area contributed by atoms with E-state index in [1.807, 2.05) is 66.7 Å². The van der Waals surface area contributed by atoms with Gasteiger partial charge in [0.2, 0.25) is 11.8 Å². The number of aliphatic hydroxyl groups excluding tert-OH is 1. The first-order chi connectivity index (χ1) is 24.2. The molecule has 3 aromatic rings. The van der Waals surface area contributed by atoms with E-state index in [9.17, 15) is 24.3 Å². The van der Waals surface area contributed by atoms with Crippen LogP contribution in [0.1, 0.15) is 55.2 Å². The lowest BCUT2D eigenvalue weighted by Gasteiger charge is -2.25. The van der Waals surface area contributed by atoms with Gasteiger partial charge >= 0.3 is 12.1 Å². The zero-order valence-corrected chi connectivity index (χ0v) is 28.6. The Kier molecular flexibility index (Phi) is 14.4. The maximum absolute atomic E-state index is 13.2. The zero-order chi connectivity index (χ0) is 35.9. The Morgan fingerprint density at radius 1 is 0.880 bits per heavy atom. The van der Waals surface area contributed by atoms with Crippen molar-refractivity contribution in [1.82, 2.24) is 15.5 Å². The van der Waals surface area contributed by atoms with Crippen LogP contribution in [-0.2, 0) is 30.4 Å². The fraction of sp³-hybridized carbons (Fsp3) is 0.350. The lowest BCUT2D eigenvalue weighted by molar-refractivity contribution is -0.147. The Labute approximate surface area is 294 Å². The summed E-state index contributed by atoms with van der Waals surface area (Å²) in [5.74, 6) is -2.15. The number of esters is 1. The fourth-order valence-electron chi connectivity index (χ4n) is 6.07. The molecule has 0 saturated heterocycles. The van der Waals surface area contributed by atoms with Crippen molar-refractivity contribution in [3.8, 4) is 11.1 Å². The van der Waals surface area contributed by atoms with E-state index in [1.165, 1.54) is 4.90 Å². The molecule has 0 radical (unpaired) electrons. The summed E-state index contributed by atoms with van der Waals surface area (Å²) in [6.07, 6.45) is 3.37. The Balaban J connectivity index is 1.28. The van der Waals surface area contributed by atoms with Gasteiger partial charge < -0.3 is 30.1 Å². The standard InChI is InChI=1S/C40H47N3O7/c1-4-6-21-36(42-40(48)50-27-35-33-19-12-10-17-31(33)32-18-11-13-20-34(32)35)39(47)49-26-28(3)41-38(46)30(14-5-2)24-37(45)43(22-23-44)25-29-15-8-7-9-16-29/h4-5,7-13,15-20,28,30,35-36,44H,1-2,6,14,21-27H2,3H3,(H,41,46)(H,42,48)/t28-,30-,36-/m0/s1. The van der Waals surface area contributed by atoms with Crippen LogP contribution in [0.25, 0.3) is 11.1 Å². The number of aliphatic hydroxyl groups is 1. The SMILES string of the molecule is C=CCC[C@H](NC(=O)OCC1c2ccccc2-c2ccccc21)C(=O)OC[C@H](C)NC(=O)[C@@H](CC=C)CC(=O)N(CCO)Cc1ccccc1. The smallest absolute Gasteiger partial charge is 0.407 e. The average Bonchev–Trinajstić information content (AvgIpc) is 3.44. The molecular formula is C40H47N3O7. The Bertz CT molecular complexity index is 1580. The molecule has 10 heteroatoms. The number of carbonyl (C=O) groups is 4.